The van der Waals surface area contributed by atoms with E-state index in [1.54, 1.807) is 0 Å². The van der Waals surface area contributed by atoms with Crippen molar-refractivity contribution in [1.82, 2.24) is 0 Å². The fourth-order valence-electron chi connectivity index (χ4n) is 4.42. The summed E-state index contributed by atoms with van der Waals surface area (Å²) in [6.45, 7) is 7.33. The van der Waals surface area contributed by atoms with Gasteiger partial charge >= 0.3 is 0 Å². The molecule has 3 aromatic carbocycles. The molecule has 0 aromatic heterocycles. The zero-order chi connectivity index (χ0) is 20.1. The van der Waals surface area contributed by atoms with Gasteiger partial charge in [0.1, 0.15) is 0 Å². The van der Waals surface area contributed by atoms with Gasteiger partial charge < -0.3 is 10.2 Å². The lowest BCUT2D eigenvalue weighted by Crippen LogP contribution is -2.22. The molecule has 1 aliphatic rings. The highest BCUT2D eigenvalue weighted by Gasteiger charge is 2.31. The van der Waals surface area contributed by atoms with E-state index in [4.69, 9.17) is 0 Å². The summed E-state index contributed by atoms with van der Waals surface area (Å²) in [5.74, 6) is 0. The van der Waals surface area contributed by atoms with Crippen molar-refractivity contribution in [3.05, 3.63) is 82.9 Å². The maximum absolute atomic E-state index is 11.0. The molecule has 0 bridgehead atoms. The number of aryl methyl sites for hydroxylation is 2. The monoisotopic (exact) mass is 372 g/mol. The SMILES string of the molecule is CC(C)(O)c1ccc(C(C)(C)O)c2c1-c1ccccc1CCc1ccccc1-2. The van der Waals surface area contributed by atoms with Gasteiger partial charge in [-0.05, 0) is 85.0 Å². The molecule has 4 rings (SSSR count). The molecule has 0 amide bonds. The van der Waals surface area contributed by atoms with Gasteiger partial charge in [0.25, 0.3) is 0 Å². The van der Waals surface area contributed by atoms with E-state index in [9.17, 15) is 10.2 Å². The fourth-order valence-corrected chi connectivity index (χ4v) is 4.42. The molecule has 0 spiro atoms. The van der Waals surface area contributed by atoms with Crippen LogP contribution in [0.5, 0.6) is 0 Å². The molecule has 0 atom stereocenters. The molecule has 0 saturated heterocycles. The van der Waals surface area contributed by atoms with Gasteiger partial charge in [0.15, 0.2) is 0 Å². The van der Waals surface area contributed by atoms with Crippen molar-refractivity contribution in [3.63, 3.8) is 0 Å². The van der Waals surface area contributed by atoms with E-state index >= 15 is 0 Å². The molecule has 0 saturated carbocycles. The smallest absolute Gasteiger partial charge is 0.0846 e. The van der Waals surface area contributed by atoms with Crippen LogP contribution in [-0.4, -0.2) is 10.2 Å². The van der Waals surface area contributed by atoms with Crippen molar-refractivity contribution in [3.8, 4) is 22.3 Å². The van der Waals surface area contributed by atoms with Gasteiger partial charge in [-0.15, -0.1) is 0 Å². The molecule has 0 unspecified atom stereocenters. The zero-order valence-electron chi connectivity index (χ0n) is 17.1. The highest BCUT2D eigenvalue weighted by molar-refractivity contribution is 5.91. The average Bonchev–Trinajstić information content (AvgIpc) is 2.63. The first-order chi connectivity index (χ1) is 13.2. The highest BCUT2D eigenvalue weighted by atomic mass is 16.3. The molecule has 2 heteroatoms. The molecule has 0 heterocycles. The largest absolute Gasteiger partial charge is 0.386 e. The number of benzene rings is 3. The van der Waals surface area contributed by atoms with Crippen molar-refractivity contribution in [2.45, 2.75) is 51.7 Å². The normalized spacial score (nSPS) is 13.8. The lowest BCUT2D eigenvalue weighted by Gasteiger charge is -2.32. The predicted octanol–water partition coefficient (Wildman–Crippen LogP) is 5.57. The van der Waals surface area contributed by atoms with Crippen LogP contribution in [0.1, 0.15) is 49.9 Å². The number of hydrogen-bond donors (Lipinski definition) is 2. The lowest BCUT2D eigenvalue weighted by molar-refractivity contribution is 0.0753. The van der Waals surface area contributed by atoms with Crippen LogP contribution in [0.25, 0.3) is 22.3 Å². The number of fused-ring (bicyclic) bond motifs is 5. The second-order valence-corrected chi connectivity index (χ2v) is 8.84. The van der Waals surface area contributed by atoms with Crippen LogP contribution in [0.2, 0.25) is 0 Å². The molecule has 2 N–H and O–H groups in total. The lowest BCUT2D eigenvalue weighted by atomic mass is 9.75. The van der Waals surface area contributed by atoms with Crippen molar-refractivity contribution in [2.75, 3.05) is 0 Å². The Kier molecular flexibility index (Phi) is 4.45. The molecule has 3 aromatic rings. The zero-order valence-corrected chi connectivity index (χ0v) is 17.1. The molecule has 144 valence electrons. The topological polar surface area (TPSA) is 40.5 Å². The predicted molar refractivity (Wildman–Crippen MR) is 115 cm³/mol. The first kappa shape index (κ1) is 18.9. The number of aliphatic hydroxyl groups is 2. The fraction of sp³-hybridized carbons (Fsp3) is 0.308. The van der Waals surface area contributed by atoms with Crippen LogP contribution in [0, 0.1) is 0 Å². The van der Waals surface area contributed by atoms with Gasteiger partial charge in [0.05, 0.1) is 11.2 Å². The summed E-state index contributed by atoms with van der Waals surface area (Å²) in [6, 6.07) is 20.9. The maximum atomic E-state index is 11.0. The second-order valence-electron chi connectivity index (χ2n) is 8.84. The van der Waals surface area contributed by atoms with E-state index < -0.39 is 11.2 Å². The summed E-state index contributed by atoms with van der Waals surface area (Å²) in [7, 11) is 0. The van der Waals surface area contributed by atoms with Crippen LogP contribution < -0.4 is 0 Å². The van der Waals surface area contributed by atoms with Crippen LogP contribution in [-0.2, 0) is 24.0 Å². The van der Waals surface area contributed by atoms with Crippen LogP contribution in [0.4, 0.5) is 0 Å². The second kappa shape index (κ2) is 6.58. The Hall–Kier alpha value is -2.42. The van der Waals surface area contributed by atoms with Gasteiger partial charge in [-0.3, -0.25) is 0 Å². The standard InChI is InChI=1S/C26H28O2/c1-25(2,27)21-15-16-22(26(3,4)28)24-20-12-8-6-10-18(20)14-13-17-9-5-7-11-19(17)23(21)24/h5-12,15-16,27-28H,13-14H2,1-4H3. The Labute approximate surface area is 167 Å². The Morgan fingerprint density at radius 1 is 0.571 bits per heavy atom. The minimum absolute atomic E-state index is 0.889. The molecule has 28 heavy (non-hydrogen) atoms. The Bertz CT molecular complexity index is 949. The van der Waals surface area contributed by atoms with Gasteiger partial charge in [-0.1, -0.05) is 60.7 Å². The first-order valence-corrected chi connectivity index (χ1v) is 9.97. The summed E-state index contributed by atoms with van der Waals surface area (Å²) in [5, 5.41) is 22.0. The first-order valence-electron chi connectivity index (χ1n) is 9.97. The molecule has 0 radical (unpaired) electrons. The van der Waals surface area contributed by atoms with Crippen molar-refractivity contribution >= 4 is 0 Å². The van der Waals surface area contributed by atoms with Gasteiger partial charge in [-0.25, -0.2) is 0 Å². The van der Waals surface area contributed by atoms with Gasteiger partial charge in [0, 0.05) is 0 Å². The Balaban J connectivity index is 2.23. The van der Waals surface area contributed by atoms with E-state index in [1.807, 2.05) is 39.8 Å². The summed E-state index contributed by atoms with van der Waals surface area (Å²) in [6.07, 6.45) is 1.90. The maximum Gasteiger partial charge on any atom is 0.0846 e. The third-order valence-corrected chi connectivity index (χ3v) is 5.76. The summed E-state index contributed by atoms with van der Waals surface area (Å²) >= 11 is 0. The van der Waals surface area contributed by atoms with E-state index in [-0.39, 0.29) is 0 Å². The quantitative estimate of drug-likeness (QED) is 0.617. The van der Waals surface area contributed by atoms with Crippen molar-refractivity contribution in [2.24, 2.45) is 0 Å². The van der Waals surface area contributed by atoms with E-state index in [2.05, 4.69) is 48.5 Å². The highest BCUT2D eigenvalue weighted by Crippen LogP contribution is 2.47. The summed E-state index contributed by atoms with van der Waals surface area (Å²) in [5.41, 5.74) is 6.70. The van der Waals surface area contributed by atoms with Crippen LogP contribution >= 0.6 is 0 Å². The number of rotatable bonds is 2. The molecule has 1 aliphatic carbocycles. The molecule has 0 fully saturated rings. The minimum atomic E-state index is -0.997. The third-order valence-electron chi connectivity index (χ3n) is 5.76. The Morgan fingerprint density at radius 2 is 0.929 bits per heavy atom. The third kappa shape index (κ3) is 3.17. The van der Waals surface area contributed by atoms with Crippen LogP contribution in [0.3, 0.4) is 0 Å². The summed E-state index contributed by atoms with van der Waals surface area (Å²) in [4.78, 5) is 0. The summed E-state index contributed by atoms with van der Waals surface area (Å²) < 4.78 is 0. The Morgan fingerprint density at radius 3 is 1.29 bits per heavy atom. The minimum Gasteiger partial charge on any atom is -0.386 e. The van der Waals surface area contributed by atoms with Crippen molar-refractivity contribution in [1.29, 1.82) is 0 Å². The van der Waals surface area contributed by atoms with Gasteiger partial charge in [-0.2, -0.15) is 0 Å². The molecular formula is C26H28O2. The van der Waals surface area contributed by atoms with Crippen LogP contribution in [0.15, 0.2) is 60.7 Å². The average molecular weight is 373 g/mol. The van der Waals surface area contributed by atoms with E-state index in [0.29, 0.717) is 0 Å². The van der Waals surface area contributed by atoms with Gasteiger partial charge in [0.2, 0.25) is 0 Å². The van der Waals surface area contributed by atoms with E-state index in [1.165, 1.54) is 11.1 Å². The molecular weight excluding hydrogens is 344 g/mol. The molecule has 2 nitrogen and oxygen atoms in total. The molecule has 0 aliphatic heterocycles. The number of hydrogen-bond acceptors (Lipinski definition) is 2. The van der Waals surface area contributed by atoms with E-state index in [0.717, 1.165) is 46.2 Å². The van der Waals surface area contributed by atoms with Crippen molar-refractivity contribution < 1.29 is 10.2 Å².